The average molecular weight is 334 g/mol. The van der Waals surface area contributed by atoms with E-state index < -0.39 is 6.04 Å². The van der Waals surface area contributed by atoms with Crippen LogP contribution in [0.15, 0.2) is 18.2 Å². The molecule has 1 aromatic carbocycles. The second-order valence-corrected chi connectivity index (χ2v) is 6.01. The number of anilines is 1. The topological polar surface area (TPSA) is 87.9 Å². The lowest BCUT2D eigenvalue weighted by Gasteiger charge is -2.32. The zero-order chi connectivity index (χ0) is 17.7. The van der Waals surface area contributed by atoms with E-state index in [4.69, 9.17) is 10.5 Å². The van der Waals surface area contributed by atoms with Gasteiger partial charge in [-0.15, -0.1) is 0 Å². The summed E-state index contributed by atoms with van der Waals surface area (Å²) in [5, 5.41) is 2.75. The number of amides is 2. The third-order valence-corrected chi connectivity index (χ3v) is 4.27. The van der Waals surface area contributed by atoms with Gasteiger partial charge in [-0.25, -0.2) is 0 Å². The molecule has 0 spiro atoms. The fourth-order valence-corrected chi connectivity index (χ4v) is 2.54. The van der Waals surface area contributed by atoms with Crippen LogP contribution >= 0.6 is 0 Å². The first kappa shape index (κ1) is 18.2. The Balaban J connectivity index is 2.18. The van der Waals surface area contributed by atoms with Crippen molar-refractivity contribution in [3.05, 3.63) is 23.8 Å². The number of nitrogens with zero attached hydrogens (tertiary/aromatic N) is 2. The van der Waals surface area contributed by atoms with Gasteiger partial charge in [0, 0.05) is 31.7 Å². The van der Waals surface area contributed by atoms with Crippen molar-refractivity contribution >= 4 is 17.5 Å². The Morgan fingerprint density at radius 1 is 1.29 bits per heavy atom. The van der Waals surface area contributed by atoms with E-state index in [0.717, 1.165) is 13.1 Å². The molecule has 0 unspecified atom stereocenters. The second-order valence-electron chi connectivity index (χ2n) is 6.01. The smallest absolute Gasteiger partial charge is 0.254 e. The van der Waals surface area contributed by atoms with Crippen molar-refractivity contribution in [2.45, 2.75) is 19.4 Å². The van der Waals surface area contributed by atoms with Crippen molar-refractivity contribution in [3.8, 4) is 5.75 Å². The van der Waals surface area contributed by atoms with Crippen LogP contribution in [0.4, 0.5) is 5.69 Å². The monoisotopic (exact) mass is 334 g/mol. The van der Waals surface area contributed by atoms with Gasteiger partial charge in [0.15, 0.2) is 0 Å². The van der Waals surface area contributed by atoms with Crippen LogP contribution in [0, 0.1) is 0 Å². The third-order valence-electron chi connectivity index (χ3n) is 4.27. The molecule has 3 N–H and O–H groups in total. The number of carbonyl (C=O) groups is 2. The maximum atomic E-state index is 12.7. The molecule has 1 heterocycles. The number of methoxy groups -OCH3 is 1. The van der Waals surface area contributed by atoms with Crippen LogP contribution in [0.3, 0.4) is 0 Å². The van der Waals surface area contributed by atoms with Gasteiger partial charge in [0.1, 0.15) is 5.75 Å². The minimum absolute atomic E-state index is 0.0407. The zero-order valence-electron chi connectivity index (χ0n) is 14.5. The molecular weight excluding hydrogens is 308 g/mol. The molecule has 1 atom stereocenters. The second kappa shape index (κ2) is 8.12. The molecule has 1 aliphatic heterocycles. The maximum absolute atomic E-state index is 12.7. The number of hydrogen-bond acceptors (Lipinski definition) is 5. The van der Waals surface area contributed by atoms with Gasteiger partial charge < -0.3 is 25.6 Å². The fraction of sp³-hybridized carbons (Fsp3) is 0.529. The van der Waals surface area contributed by atoms with E-state index in [9.17, 15) is 9.59 Å². The minimum Gasteiger partial charge on any atom is -0.495 e. The van der Waals surface area contributed by atoms with E-state index >= 15 is 0 Å². The van der Waals surface area contributed by atoms with Gasteiger partial charge in [0.2, 0.25) is 5.91 Å². The molecule has 0 bridgehead atoms. The summed E-state index contributed by atoms with van der Waals surface area (Å²) in [6.45, 7) is 4.95. The van der Waals surface area contributed by atoms with Crippen LogP contribution in [0.2, 0.25) is 0 Å². The largest absolute Gasteiger partial charge is 0.495 e. The highest BCUT2D eigenvalue weighted by Gasteiger charge is 2.22. The molecule has 132 valence electrons. The lowest BCUT2D eigenvalue weighted by atomic mass is 10.1. The highest BCUT2D eigenvalue weighted by molar-refractivity contribution is 5.99. The Morgan fingerprint density at radius 2 is 1.96 bits per heavy atom. The molecule has 2 amide bonds. The fourth-order valence-electron chi connectivity index (χ4n) is 2.54. The molecule has 1 aliphatic rings. The van der Waals surface area contributed by atoms with Crippen molar-refractivity contribution in [1.29, 1.82) is 0 Å². The number of piperazine rings is 1. The van der Waals surface area contributed by atoms with Gasteiger partial charge in [0.05, 0.1) is 18.8 Å². The molecule has 0 saturated carbocycles. The zero-order valence-corrected chi connectivity index (χ0v) is 14.5. The molecule has 1 fully saturated rings. The third kappa shape index (κ3) is 4.24. The number of hydrogen-bond donors (Lipinski definition) is 2. The average Bonchev–Trinajstić information content (AvgIpc) is 2.60. The first-order chi connectivity index (χ1) is 11.5. The Morgan fingerprint density at radius 3 is 2.54 bits per heavy atom. The van der Waals surface area contributed by atoms with E-state index in [1.165, 1.54) is 7.11 Å². The van der Waals surface area contributed by atoms with Gasteiger partial charge in [-0.2, -0.15) is 0 Å². The predicted molar refractivity (Wildman–Crippen MR) is 93.3 cm³/mol. The van der Waals surface area contributed by atoms with Crippen LogP contribution in [0.5, 0.6) is 5.75 Å². The summed E-state index contributed by atoms with van der Waals surface area (Å²) >= 11 is 0. The number of nitrogens with one attached hydrogen (secondary N) is 1. The van der Waals surface area contributed by atoms with Crippen LogP contribution < -0.4 is 15.8 Å². The molecule has 24 heavy (non-hydrogen) atoms. The van der Waals surface area contributed by atoms with Crippen LogP contribution in [-0.4, -0.2) is 68.0 Å². The van der Waals surface area contributed by atoms with Crippen molar-refractivity contribution in [2.24, 2.45) is 5.73 Å². The van der Waals surface area contributed by atoms with Crippen LogP contribution in [-0.2, 0) is 4.79 Å². The van der Waals surface area contributed by atoms with Gasteiger partial charge in [0.25, 0.3) is 5.91 Å². The van der Waals surface area contributed by atoms with Crippen LogP contribution in [0.1, 0.15) is 23.7 Å². The number of likely N-dealkylation sites (N-methyl/N-ethyl adjacent to an activating group) is 1. The summed E-state index contributed by atoms with van der Waals surface area (Å²) in [5.74, 6) is 0.169. The van der Waals surface area contributed by atoms with Gasteiger partial charge >= 0.3 is 0 Å². The Kier molecular flexibility index (Phi) is 6.16. The summed E-state index contributed by atoms with van der Waals surface area (Å²) < 4.78 is 5.27. The first-order valence-electron chi connectivity index (χ1n) is 8.18. The summed E-state index contributed by atoms with van der Waals surface area (Å²) in [7, 11) is 3.56. The van der Waals surface area contributed by atoms with E-state index in [1.807, 2.05) is 18.9 Å². The minimum atomic E-state index is -0.591. The molecule has 1 saturated heterocycles. The molecule has 0 aromatic heterocycles. The summed E-state index contributed by atoms with van der Waals surface area (Å²) in [6.07, 6.45) is 0.536. The molecular formula is C17H26N4O3. The number of carbonyl (C=O) groups excluding carboxylic acids is 2. The Labute approximate surface area is 142 Å². The highest BCUT2D eigenvalue weighted by atomic mass is 16.5. The van der Waals surface area contributed by atoms with Gasteiger partial charge in [-0.05, 0) is 31.7 Å². The van der Waals surface area contributed by atoms with E-state index in [2.05, 4.69) is 10.2 Å². The molecule has 0 aliphatic carbocycles. The lowest BCUT2D eigenvalue weighted by molar-refractivity contribution is -0.117. The normalized spacial score (nSPS) is 16.6. The van der Waals surface area contributed by atoms with Crippen molar-refractivity contribution in [2.75, 3.05) is 45.7 Å². The standard InChI is InChI=1S/C17H26N4O3/c1-4-13(18)16(22)19-14-11-12(5-6-15(14)24-3)17(23)21-9-7-20(2)8-10-21/h5-6,11,13H,4,7-10,18H2,1-3H3,(H,19,22)/t13-/m0/s1. The van der Waals surface area contributed by atoms with E-state index in [-0.39, 0.29) is 11.8 Å². The number of benzene rings is 1. The van der Waals surface area contributed by atoms with Gasteiger partial charge in [-0.3, -0.25) is 9.59 Å². The number of ether oxygens (including phenoxy) is 1. The quantitative estimate of drug-likeness (QED) is 0.830. The SMILES string of the molecule is CC[C@H](N)C(=O)Nc1cc(C(=O)N2CCN(C)CC2)ccc1OC. The van der Waals surface area contributed by atoms with Crippen LogP contribution in [0.25, 0.3) is 0 Å². The van der Waals surface area contributed by atoms with Gasteiger partial charge in [-0.1, -0.05) is 6.92 Å². The lowest BCUT2D eigenvalue weighted by Crippen LogP contribution is -2.47. The first-order valence-corrected chi connectivity index (χ1v) is 8.18. The predicted octanol–water partition coefficient (Wildman–Crippen LogP) is 0.759. The number of nitrogens with two attached hydrogens (primary N) is 1. The van der Waals surface area contributed by atoms with Crippen molar-refractivity contribution < 1.29 is 14.3 Å². The molecule has 7 heteroatoms. The molecule has 0 radical (unpaired) electrons. The summed E-state index contributed by atoms with van der Waals surface area (Å²) in [5.41, 5.74) is 6.74. The molecule has 1 aromatic rings. The maximum Gasteiger partial charge on any atom is 0.254 e. The highest BCUT2D eigenvalue weighted by Crippen LogP contribution is 2.26. The van der Waals surface area contributed by atoms with Crippen molar-refractivity contribution in [3.63, 3.8) is 0 Å². The number of rotatable bonds is 5. The Bertz CT molecular complexity index is 597. The van der Waals surface area contributed by atoms with E-state index in [0.29, 0.717) is 36.5 Å². The summed E-state index contributed by atoms with van der Waals surface area (Å²) in [4.78, 5) is 28.7. The molecule has 2 rings (SSSR count). The van der Waals surface area contributed by atoms with Crippen molar-refractivity contribution in [1.82, 2.24) is 9.80 Å². The summed E-state index contributed by atoms with van der Waals surface area (Å²) in [6, 6.07) is 4.47. The Hall–Kier alpha value is -2.12. The molecule has 7 nitrogen and oxygen atoms in total. The van der Waals surface area contributed by atoms with E-state index in [1.54, 1.807) is 18.2 Å².